The molecule has 0 saturated carbocycles. The van der Waals surface area contributed by atoms with Crippen LogP contribution in [0, 0.1) is 0 Å². The van der Waals surface area contributed by atoms with Gasteiger partial charge in [-0.3, -0.25) is 10.2 Å². The van der Waals surface area contributed by atoms with Gasteiger partial charge in [-0.1, -0.05) is 41.7 Å². The maximum Gasteiger partial charge on any atom is 0.308 e. The molecule has 1 heterocycles. The maximum atomic E-state index is 11.1. The molecular formula is C19H17N3O3S. The molecule has 0 saturated heterocycles. The van der Waals surface area contributed by atoms with Crippen LogP contribution in [-0.2, 0) is 11.2 Å². The van der Waals surface area contributed by atoms with Crippen LogP contribution >= 0.6 is 11.3 Å². The number of carboxylic acid groups (broad SMARTS) is 1. The number of anilines is 1. The lowest BCUT2D eigenvalue weighted by Crippen LogP contribution is -1.99. The topological polar surface area (TPSA) is 83.8 Å². The first-order valence-corrected chi connectivity index (χ1v) is 8.67. The molecule has 3 aromatic rings. The van der Waals surface area contributed by atoms with Crippen LogP contribution in [0.25, 0.3) is 11.3 Å². The van der Waals surface area contributed by atoms with Crippen LogP contribution in [0.3, 0.4) is 0 Å². The number of hydrogen-bond acceptors (Lipinski definition) is 6. The number of nitrogens with one attached hydrogen (secondary N) is 1. The third-order valence-electron chi connectivity index (χ3n) is 3.55. The van der Waals surface area contributed by atoms with E-state index in [1.807, 2.05) is 54.6 Å². The first-order valence-electron chi connectivity index (χ1n) is 7.86. The molecule has 26 heavy (non-hydrogen) atoms. The number of carbonyl (C=O) groups is 1. The molecule has 0 atom stereocenters. The van der Waals surface area contributed by atoms with Gasteiger partial charge in [-0.2, -0.15) is 5.10 Å². The molecule has 0 fully saturated rings. The van der Waals surface area contributed by atoms with E-state index in [0.717, 1.165) is 16.9 Å². The minimum atomic E-state index is -0.890. The number of aliphatic carboxylic acids is 1. The van der Waals surface area contributed by atoms with Crippen molar-refractivity contribution in [2.45, 2.75) is 6.42 Å². The molecule has 132 valence electrons. The van der Waals surface area contributed by atoms with E-state index in [-0.39, 0.29) is 6.42 Å². The van der Waals surface area contributed by atoms with Gasteiger partial charge in [0.15, 0.2) is 0 Å². The second kappa shape index (κ2) is 8.26. The number of methoxy groups -OCH3 is 1. The van der Waals surface area contributed by atoms with E-state index in [2.05, 4.69) is 15.5 Å². The summed E-state index contributed by atoms with van der Waals surface area (Å²) in [5.74, 6) is -0.111. The number of rotatable bonds is 7. The van der Waals surface area contributed by atoms with E-state index in [1.54, 1.807) is 13.3 Å². The largest absolute Gasteiger partial charge is 0.497 e. The zero-order chi connectivity index (χ0) is 18.4. The second-order valence-electron chi connectivity index (χ2n) is 5.37. The third kappa shape index (κ3) is 4.46. The first-order chi connectivity index (χ1) is 12.7. The van der Waals surface area contributed by atoms with Crippen molar-refractivity contribution < 1.29 is 14.6 Å². The Labute approximate surface area is 154 Å². The number of thiazole rings is 1. The summed E-state index contributed by atoms with van der Waals surface area (Å²) >= 11 is 1.29. The lowest BCUT2D eigenvalue weighted by atomic mass is 10.1. The van der Waals surface area contributed by atoms with Crippen molar-refractivity contribution in [3.63, 3.8) is 0 Å². The molecule has 6 nitrogen and oxygen atoms in total. The van der Waals surface area contributed by atoms with Crippen LogP contribution in [0.4, 0.5) is 5.13 Å². The van der Waals surface area contributed by atoms with E-state index >= 15 is 0 Å². The molecule has 2 N–H and O–H groups in total. The lowest BCUT2D eigenvalue weighted by Gasteiger charge is -1.99. The number of nitrogens with zero attached hydrogens (tertiary/aromatic N) is 2. The Hall–Kier alpha value is -3.19. The number of benzene rings is 2. The summed E-state index contributed by atoms with van der Waals surface area (Å²) < 4.78 is 5.12. The highest BCUT2D eigenvalue weighted by Crippen LogP contribution is 2.31. The molecule has 0 spiro atoms. The molecule has 0 aliphatic rings. The first kappa shape index (κ1) is 17.6. The Morgan fingerprint density at radius 1 is 1.23 bits per heavy atom. The highest BCUT2D eigenvalue weighted by atomic mass is 32.1. The summed E-state index contributed by atoms with van der Waals surface area (Å²) in [5.41, 5.74) is 5.33. The molecule has 0 bridgehead atoms. The Kier molecular flexibility index (Phi) is 5.60. The van der Waals surface area contributed by atoms with Gasteiger partial charge in [0.05, 0.1) is 25.4 Å². The number of aromatic nitrogens is 1. The molecule has 1 aromatic heterocycles. The van der Waals surface area contributed by atoms with Crippen molar-refractivity contribution in [3.05, 3.63) is 65.0 Å². The van der Waals surface area contributed by atoms with Crippen molar-refractivity contribution in [1.29, 1.82) is 0 Å². The molecule has 7 heteroatoms. The predicted octanol–water partition coefficient (Wildman–Crippen LogP) is 3.89. The number of hydrazone groups is 1. The summed E-state index contributed by atoms with van der Waals surface area (Å²) in [6.45, 7) is 0. The summed E-state index contributed by atoms with van der Waals surface area (Å²) in [6.07, 6.45) is 1.59. The van der Waals surface area contributed by atoms with E-state index < -0.39 is 5.97 Å². The molecule has 3 rings (SSSR count). The molecular weight excluding hydrogens is 350 g/mol. The normalized spacial score (nSPS) is 10.8. The standard InChI is InChI=1S/C19H17N3O3S/c1-25-15-9-7-13(8-10-15)12-20-22-19-21-18(14-5-3-2-4-6-14)16(26-19)11-17(23)24/h2-10,12H,11H2,1H3,(H,21,22)(H,23,24)/b20-12-. The van der Waals surface area contributed by atoms with E-state index in [9.17, 15) is 4.79 Å². The Balaban J connectivity index is 1.78. The van der Waals surface area contributed by atoms with Crippen LogP contribution in [0.15, 0.2) is 59.7 Å². The van der Waals surface area contributed by atoms with Crippen molar-refractivity contribution in [3.8, 4) is 17.0 Å². The fourth-order valence-corrected chi connectivity index (χ4v) is 3.25. The number of hydrogen-bond donors (Lipinski definition) is 2. The average molecular weight is 367 g/mol. The fraction of sp³-hybridized carbons (Fsp3) is 0.105. The molecule has 0 radical (unpaired) electrons. The smallest absolute Gasteiger partial charge is 0.308 e. The zero-order valence-electron chi connectivity index (χ0n) is 14.0. The Morgan fingerprint density at radius 2 is 1.96 bits per heavy atom. The summed E-state index contributed by atoms with van der Waals surface area (Å²) in [5, 5.41) is 13.9. The quantitative estimate of drug-likeness (QED) is 0.489. The van der Waals surface area contributed by atoms with Gasteiger partial charge in [0.2, 0.25) is 5.13 Å². The maximum absolute atomic E-state index is 11.1. The van der Waals surface area contributed by atoms with Crippen molar-refractivity contribution >= 4 is 28.7 Å². The Bertz CT molecular complexity index is 906. The molecule has 0 unspecified atom stereocenters. The van der Waals surface area contributed by atoms with Gasteiger partial charge in [-0.05, 0) is 29.8 Å². The Morgan fingerprint density at radius 3 is 2.62 bits per heavy atom. The fourth-order valence-electron chi connectivity index (χ4n) is 2.33. The monoisotopic (exact) mass is 367 g/mol. The van der Waals surface area contributed by atoms with Gasteiger partial charge >= 0.3 is 5.97 Å². The average Bonchev–Trinajstić information content (AvgIpc) is 3.05. The van der Waals surface area contributed by atoms with Crippen molar-refractivity contribution in [1.82, 2.24) is 4.98 Å². The molecule has 0 amide bonds. The van der Waals surface area contributed by atoms with E-state index in [4.69, 9.17) is 9.84 Å². The van der Waals surface area contributed by atoms with Crippen LogP contribution in [0.5, 0.6) is 5.75 Å². The lowest BCUT2D eigenvalue weighted by molar-refractivity contribution is -0.136. The van der Waals surface area contributed by atoms with Crippen LogP contribution in [0.2, 0.25) is 0 Å². The zero-order valence-corrected chi connectivity index (χ0v) is 14.9. The van der Waals surface area contributed by atoms with Crippen LogP contribution in [-0.4, -0.2) is 29.4 Å². The van der Waals surface area contributed by atoms with Crippen molar-refractivity contribution in [2.75, 3.05) is 12.5 Å². The predicted molar refractivity (Wildman–Crippen MR) is 103 cm³/mol. The molecule has 0 aliphatic carbocycles. The SMILES string of the molecule is COc1ccc(/C=N\Nc2nc(-c3ccccc3)c(CC(=O)O)s2)cc1. The van der Waals surface area contributed by atoms with Crippen LogP contribution < -0.4 is 10.2 Å². The van der Waals surface area contributed by atoms with Gasteiger partial charge in [-0.15, -0.1) is 0 Å². The van der Waals surface area contributed by atoms with Gasteiger partial charge in [0, 0.05) is 10.4 Å². The number of carboxylic acids is 1. The highest BCUT2D eigenvalue weighted by Gasteiger charge is 2.15. The minimum Gasteiger partial charge on any atom is -0.497 e. The van der Waals surface area contributed by atoms with Gasteiger partial charge in [0.25, 0.3) is 0 Å². The summed E-state index contributed by atoms with van der Waals surface area (Å²) in [7, 11) is 1.62. The third-order valence-corrected chi connectivity index (χ3v) is 4.51. The van der Waals surface area contributed by atoms with Crippen LogP contribution in [0.1, 0.15) is 10.4 Å². The minimum absolute atomic E-state index is 0.0776. The van der Waals surface area contributed by atoms with Gasteiger partial charge < -0.3 is 9.84 Å². The molecule has 2 aromatic carbocycles. The summed E-state index contributed by atoms with van der Waals surface area (Å²) in [6, 6.07) is 17.0. The van der Waals surface area contributed by atoms with Gasteiger partial charge in [0.1, 0.15) is 5.75 Å². The highest BCUT2D eigenvalue weighted by molar-refractivity contribution is 7.16. The van der Waals surface area contributed by atoms with Crippen molar-refractivity contribution in [2.24, 2.45) is 5.10 Å². The van der Waals surface area contributed by atoms with Gasteiger partial charge in [-0.25, -0.2) is 4.98 Å². The number of ether oxygens (including phenoxy) is 1. The van der Waals surface area contributed by atoms with E-state index in [0.29, 0.717) is 15.7 Å². The van der Waals surface area contributed by atoms with E-state index in [1.165, 1.54) is 11.3 Å². The molecule has 0 aliphatic heterocycles. The summed E-state index contributed by atoms with van der Waals surface area (Å²) in [4.78, 5) is 16.3. The second-order valence-corrected chi connectivity index (χ2v) is 6.45.